The number of pyridine rings is 1. The molecule has 1 heterocycles. The van der Waals surface area contributed by atoms with Gasteiger partial charge in [-0.3, -0.25) is 4.98 Å². The highest BCUT2D eigenvalue weighted by atomic mass is 35.5. The molecular formula is C13H11ClN4O. The zero-order valence-corrected chi connectivity index (χ0v) is 10.6. The maximum Gasteiger partial charge on any atom is 0.339 e. The number of nitrogens with zero attached hydrogens (tertiary/aromatic N) is 2. The molecule has 0 fully saturated rings. The van der Waals surface area contributed by atoms with Crippen molar-refractivity contribution in [3.63, 3.8) is 0 Å². The number of benzene rings is 1. The Balaban J connectivity index is 1.87. The van der Waals surface area contributed by atoms with E-state index in [2.05, 4.69) is 20.8 Å². The molecule has 0 saturated carbocycles. The van der Waals surface area contributed by atoms with Crippen molar-refractivity contribution >= 4 is 29.5 Å². The summed E-state index contributed by atoms with van der Waals surface area (Å²) in [5.41, 5.74) is 3.80. The number of halogens is 1. The molecule has 2 N–H and O–H groups in total. The fraction of sp³-hybridized carbons (Fsp3) is 0. The van der Waals surface area contributed by atoms with Crippen molar-refractivity contribution in [3.05, 3.63) is 59.4 Å². The summed E-state index contributed by atoms with van der Waals surface area (Å²) in [4.78, 5) is 15.4. The van der Waals surface area contributed by atoms with E-state index in [-0.39, 0.29) is 0 Å². The Morgan fingerprint density at radius 3 is 2.79 bits per heavy atom. The summed E-state index contributed by atoms with van der Waals surface area (Å²) in [5, 5.41) is 6.97. The van der Waals surface area contributed by atoms with Crippen molar-refractivity contribution < 1.29 is 4.79 Å². The van der Waals surface area contributed by atoms with Gasteiger partial charge in [0.05, 0.1) is 6.21 Å². The number of rotatable bonds is 3. The normalized spacial score (nSPS) is 10.4. The highest BCUT2D eigenvalue weighted by Gasteiger charge is 1.99. The first-order valence-corrected chi connectivity index (χ1v) is 5.87. The summed E-state index contributed by atoms with van der Waals surface area (Å²) in [7, 11) is 0. The van der Waals surface area contributed by atoms with Crippen molar-refractivity contribution in [1.29, 1.82) is 0 Å². The van der Waals surface area contributed by atoms with Crippen LogP contribution in [0.5, 0.6) is 0 Å². The maximum absolute atomic E-state index is 11.5. The topological polar surface area (TPSA) is 66.4 Å². The Morgan fingerprint density at radius 2 is 2.05 bits per heavy atom. The van der Waals surface area contributed by atoms with Crippen LogP contribution in [-0.4, -0.2) is 17.2 Å². The highest BCUT2D eigenvalue weighted by Crippen LogP contribution is 2.14. The van der Waals surface area contributed by atoms with E-state index >= 15 is 0 Å². The minimum Gasteiger partial charge on any atom is -0.306 e. The molecule has 0 aliphatic rings. The largest absolute Gasteiger partial charge is 0.339 e. The second-order valence-corrected chi connectivity index (χ2v) is 4.05. The van der Waals surface area contributed by atoms with Gasteiger partial charge in [-0.25, -0.2) is 10.2 Å². The number of nitrogens with one attached hydrogen (secondary N) is 2. The number of aromatic nitrogens is 1. The number of urea groups is 1. The molecule has 0 unspecified atom stereocenters. The molecule has 0 aliphatic heterocycles. The van der Waals surface area contributed by atoms with E-state index in [1.54, 1.807) is 48.8 Å². The molecule has 2 aromatic rings. The Hall–Kier alpha value is -2.40. The van der Waals surface area contributed by atoms with Crippen LogP contribution in [-0.2, 0) is 0 Å². The molecule has 2 rings (SSSR count). The summed E-state index contributed by atoms with van der Waals surface area (Å²) in [5.74, 6) is 0. The van der Waals surface area contributed by atoms with Gasteiger partial charge >= 0.3 is 6.03 Å². The Labute approximate surface area is 115 Å². The second-order valence-electron chi connectivity index (χ2n) is 3.62. The monoisotopic (exact) mass is 274 g/mol. The number of hydrazone groups is 1. The van der Waals surface area contributed by atoms with Crippen LogP contribution in [0.2, 0.25) is 5.02 Å². The standard InChI is InChI=1S/C13H11ClN4O/c14-11-2-1-3-12(8-11)17-13(19)18-16-9-10-4-6-15-7-5-10/h1-9H,(H2,17,18,19)/b16-9+. The van der Waals surface area contributed by atoms with Gasteiger partial charge in [-0.2, -0.15) is 5.10 Å². The zero-order chi connectivity index (χ0) is 13.5. The number of hydrogen-bond acceptors (Lipinski definition) is 3. The first-order valence-electron chi connectivity index (χ1n) is 5.50. The van der Waals surface area contributed by atoms with Crippen LogP contribution in [0.3, 0.4) is 0 Å². The number of anilines is 1. The quantitative estimate of drug-likeness (QED) is 0.667. The van der Waals surface area contributed by atoms with E-state index in [9.17, 15) is 4.79 Å². The van der Waals surface area contributed by atoms with E-state index < -0.39 is 6.03 Å². The van der Waals surface area contributed by atoms with Gasteiger partial charge < -0.3 is 5.32 Å². The lowest BCUT2D eigenvalue weighted by Gasteiger charge is -2.03. The van der Waals surface area contributed by atoms with Crippen molar-refractivity contribution in [2.24, 2.45) is 5.10 Å². The second kappa shape index (κ2) is 6.51. The van der Waals surface area contributed by atoms with Crippen LogP contribution in [0.25, 0.3) is 0 Å². The minimum atomic E-state index is -0.437. The number of hydrogen-bond donors (Lipinski definition) is 2. The summed E-state index contributed by atoms with van der Waals surface area (Å²) < 4.78 is 0. The molecule has 96 valence electrons. The van der Waals surface area contributed by atoms with Gasteiger partial charge in [-0.1, -0.05) is 17.7 Å². The molecule has 5 nitrogen and oxygen atoms in total. The van der Waals surface area contributed by atoms with Gasteiger partial charge in [0, 0.05) is 23.1 Å². The summed E-state index contributed by atoms with van der Waals surface area (Å²) >= 11 is 5.81. The first-order chi connectivity index (χ1) is 9.24. The molecule has 1 aromatic heterocycles. The summed E-state index contributed by atoms with van der Waals surface area (Å²) in [6, 6.07) is 9.98. The molecule has 0 saturated heterocycles. The van der Waals surface area contributed by atoms with Crippen LogP contribution < -0.4 is 10.7 Å². The minimum absolute atomic E-state index is 0.437. The lowest BCUT2D eigenvalue weighted by molar-refractivity contribution is 0.252. The smallest absolute Gasteiger partial charge is 0.306 e. The van der Waals surface area contributed by atoms with Gasteiger partial charge in [0.2, 0.25) is 0 Å². The number of amides is 2. The molecule has 19 heavy (non-hydrogen) atoms. The predicted octanol–water partition coefficient (Wildman–Crippen LogP) is 2.89. The van der Waals surface area contributed by atoms with Crippen molar-refractivity contribution in [3.8, 4) is 0 Å². The number of carbonyl (C=O) groups excluding carboxylic acids is 1. The summed E-state index contributed by atoms with van der Waals surface area (Å²) in [6.45, 7) is 0. The van der Waals surface area contributed by atoms with Crippen LogP contribution in [0, 0.1) is 0 Å². The molecule has 0 aliphatic carbocycles. The summed E-state index contributed by atoms with van der Waals surface area (Å²) in [6.07, 6.45) is 4.82. The molecule has 0 bridgehead atoms. The average Bonchev–Trinajstić information content (AvgIpc) is 2.40. The van der Waals surface area contributed by atoms with E-state index in [4.69, 9.17) is 11.6 Å². The van der Waals surface area contributed by atoms with Gasteiger partial charge in [-0.15, -0.1) is 0 Å². The van der Waals surface area contributed by atoms with Crippen molar-refractivity contribution in [2.45, 2.75) is 0 Å². The maximum atomic E-state index is 11.5. The van der Waals surface area contributed by atoms with Gasteiger partial charge in [0.25, 0.3) is 0 Å². The third-order valence-corrected chi connectivity index (χ3v) is 2.40. The molecule has 0 atom stereocenters. The Kier molecular flexibility index (Phi) is 4.47. The third kappa shape index (κ3) is 4.40. The fourth-order valence-electron chi connectivity index (χ4n) is 1.34. The lowest BCUT2D eigenvalue weighted by Crippen LogP contribution is -2.24. The molecule has 0 radical (unpaired) electrons. The van der Waals surface area contributed by atoms with E-state index in [1.807, 2.05) is 0 Å². The van der Waals surface area contributed by atoms with E-state index in [1.165, 1.54) is 6.21 Å². The van der Waals surface area contributed by atoms with Crippen LogP contribution >= 0.6 is 11.6 Å². The first kappa shape index (κ1) is 13.0. The number of carbonyl (C=O) groups is 1. The highest BCUT2D eigenvalue weighted by molar-refractivity contribution is 6.30. The van der Waals surface area contributed by atoms with Crippen LogP contribution in [0.4, 0.5) is 10.5 Å². The third-order valence-electron chi connectivity index (χ3n) is 2.17. The molecule has 6 heteroatoms. The predicted molar refractivity (Wildman–Crippen MR) is 75.4 cm³/mol. The molecule has 0 spiro atoms. The van der Waals surface area contributed by atoms with Crippen molar-refractivity contribution in [1.82, 2.24) is 10.4 Å². The van der Waals surface area contributed by atoms with E-state index in [0.29, 0.717) is 10.7 Å². The average molecular weight is 275 g/mol. The van der Waals surface area contributed by atoms with Crippen LogP contribution in [0.1, 0.15) is 5.56 Å². The van der Waals surface area contributed by atoms with Gasteiger partial charge in [0.15, 0.2) is 0 Å². The Bertz CT molecular complexity index is 586. The lowest BCUT2D eigenvalue weighted by atomic mass is 10.3. The molecule has 2 amide bonds. The molecule has 1 aromatic carbocycles. The van der Waals surface area contributed by atoms with Gasteiger partial charge in [-0.05, 0) is 35.9 Å². The van der Waals surface area contributed by atoms with Crippen molar-refractivity contribution in [2.75, 3.05) is 5.32 Å². The SMILES string of the molecule is O=C(N/N=C/c1ccncc1)Nc1cccc(Cl)c1. The van der Waals surface area contributed by atoms with Gasteiger partial charge in [0.1, 0.15) is 0 Å². The van der Waals surface area contributed by atoms with E-state index in [0.717, 1.165) is 5.56 Å². The van der Waals surface area contributed by atoms with Crippen LogP contribution in [0.15, 0.2) is 53.9 Å². The Morgan fingerprint density at radius 1 is 1.26 bits per heavy atom. The zero-order valence-electron chi connectivity index (χ0n) is 9.88. The molecular weight excluding hydrogens is 264 g/mol. The fourth-order valence-corrected chi connectivity index (χ4v) is 1.53.